The standard InChI is InChI=1S/C12H20ClN3O/c1-5-8(2)6-9(3)15-10-7-14-16(4)12(17)11(10)13/h7-9,15H,5-6H2,1-4H3. The van der Waals surface area contributed by atoms with Gasteiger partial charge in [-0.3, -0.25) is 4.79 Å². The zero-order chi connectivity index (χ0) is 13.0. The minimum atomic E-state index is -0.271. The van der Waals surface area contributed by atoms with E-state index < -0.39 is 0 Å². The minimum Gasteiger partial charge on any atom is -0.380 e. The van der Waals surface area contributed by atoms with Crippen molar-refractivity contribution < 1.29 is 0 Å². The van der Waals surface area contributed by atoms with Crippen LogP contribution in [0.2, 0.25) is 5.02 Å². The number of hydrogen-bond acceptors (Lipinski definition) is 3. The molecule has 1 heterocycles. The molecule has 0 fully saturated rings. The number of hydrogen-bond donors (Lipinski definition) is 1. The fourth-order valence-corrected chi connectivity index (χ4v) is 1.93. The molecule has 5 heteroatoms. The van der Waals surface area contributed by atoms with Gasteiger partial charge in [-0.2, -0.15) is 5.10 Å². The van der Waals surface area contributed by atoms with Crippen molar-refractivity contribution in [1.82, 2.24) is 9.78 Å². The highest BCUT2D eigenvalue weighted by Gasteiger charge is 2.11. The van der Waals surface area contributed by atoms with Crippen molar-refractivity contribution in [2.75, 3.05) is 5.32 Å². The average molecular weight is 258 g/mol. The number of halogens is 1. The Morgan fingerprint density at radius 1 is 1.53 bits per heavy atom. The highest BCUT2D eigenvalue weighted by atomic mass is 35.5. The van der Waals surface area contributed by atoms with Crippen molar-refractivity contribution in [2.24, 2.45) is 13.0 Å². The van der Waals surface area contributed by atoms with Crippen LogP contribution in [0.1, 0.15) is 33.6 Å². The second kappa shape index (κ2) is 6.05. The smallest absolute Gasteiger partial charge is 0.287 e. The maximum Gasteiger partial charge on any atom is 0.287 e. The quantitative estimate of drug-likeness (QED) is 0.882. The molecular formula is C12H20ClN3O. The van der Waals surface area contributed by atoms with Gasteiger partial charge in [0.15, 0.2) is 0 Å². The van der Waals surface area contributed by atoms with Crippen LogP contribution in [0, 0.1) is 5.92 Å². The summed E-state index contributed by atoms with van der Waals surface area (Å²) in [7, 11) is 1.58. The van der Waals surface area contributed by atoms with E-state index in [0.717, 1.165) is 12.8 Å². The summed E-state index contributed by atoms with van der Waals surface area (Å²) in [4.78, 5) is 11.6. The Kier molecular flexibility index (Phi) is 5.00. The second-order valence-corrected chi connectivity index (χ2v) is 4.97. The molecule has 2 atom stereocenters. The Morgan fingerprint density at radius 3 is 2.76 bits per heavy atom. The van der Waals surface area contributed by atoms with Crippen LogP contribution >= 0.6 is 11.6 Å². The van der Waals surface area contributed by atoms with Crippen molar-refractivity contribution in [2.45, 2.75) is 39.7 Å². The highest BCUT2D eigenvalue weighted by molar-refractivity contribution is 6.32. The molecule has 2 unspecified atom stereocenters. The first-order chi connectivity index (χ1) is 7.95. The molecular weight excluding hydrogens is 238 g/mol. The van der Waals surface area contributed by atoms with Gasteiger partial charge in [-0.25, -0.2) is 4.68 Å². The van der Waals surface area contributed by atoms with E-state index in [0.29, 0.717) is 11.6 Å². The van der Waals surface area contributed by atoms with Gasteiger partial charge in [-0.15, -0.1) is 0 Å². The molecule has 0 bridgehead atoms. The molecule has 0 saturated carbocycles. The van der Waals surface area contributed by atoms with Crippen LogP contribution in [0.15, 0.2) is 11.0 Å². The number of rotatable bonds is 5. The summed E-state index contributed by atoms with van der Waals surface area (Å²) in [5.41, 5.74) is 0.345. The Labute approximate surface area is 107 Å². The lowest BCUT2D eigenvalue weighted by Crippen LogP contribution is -2.24. The third-order valence-corrected chi connectivity index (χ3v) is 3.30. The van der Waals surface area contributed by atoms with E-state index in [-0.39, 0.29) is 16.6 Å². The van der Waals surface area contributed by atoms with Crippen molar-refractivity contribution in [3.8, 4) is 0 Å². The van der Waals surface area contributed by atoms with Crippen LogP contribution in [0.3, 0.4) is 0 Å². The molecule has 4 nitrogen and oxygen atoms in total. The average Bonchev–Trinajstić information content (AvgIpc) is 2.29. The Morgan fingerprint density at radius 2 is 2.18 bits per heavy atom. The van der Waals surface area contributed by atoms with Crippen molar-refractivity contribution in [3.63, 3.8) is 0 Å². The molecule has 0 amide bonds. The van der Waals surface area contributed by atoms with Crippen LogP contribution in [-0.2, 0) is 7.05 Å². The zero-order valence-electron chi connectivity index (χ0n) is 10.8. The van der Waals surface area contributed by atoms with Gasteiger partial charge in [0.2, 0.25) is 0 Å². The first-order valence-electron chi connectivity index (χ1n) is 5.94. The van der Waals surface area contributed by atoms with Gasteiger partial charge in [-0.1, -0.05) is 31.9 Å². The molecule has 0 aliphatic carbocycles. The summed E-state index contributed by atoms with van der Waals surface area (Å²) in [5, 5.41) is 7.39. The summed E-state index contributed by atoms with van der Waals surface area (Å²) in [5.74, 6) is 0.649. The molecule has 1 rings (SSSR count). The van der Waals surface area contributed by atoms with Gasteiger partial charge >= 0.3 is 0 Å². The van der Waals surface area contributed by atoms with Gasteiger partial charge in [0, 0.05) is 13.1 Å². The van der Waals surface area contributed by atoms with Gasteiger partial charge in [0.25, 0.3) is 5.56 Å². The fraction of sp³-hybridized carbons (Fsp3) is 0.667. The van der Waals surface area contributed by atoms with Gasteiger partial charge in [0.05, 0.1) is 11.9 Å². The number of nitrogens with zero attached hydrogens (tertiary/aromatic N) is 2. The maximum absolute atomic E-state index is 11.6. The van der Waals surface area contributed by atoms with Crippen molar-refractivity contribution in [3.05, 3.63) is 21.6 Å². The summed E-state index contributed by atoms with van der Waals surface area (Å²) < 4.78 is 1.23. The lowest BCUT2D eigenvalue weighted by molar-refractivity contribution is 0.483. The highest BCUT2D eigenvalue weighted by Crippen LogP contribution is 2.19. The monoisotopic (exact) mass is 257 g/mol. The van der Waals surface area contributed by atoms with Crippen LogP contribution in [0.4, 0.5) is 5.69 Å². The predicted octanol–water partition coefficient (Wildman–Crippen LogP) is 2.67. The van der Waals surface area contributed by atoms with Crippen molar-refractivity contribution in [1.29, 1.82) is 0 Å². The van der Waals surface area contributed by atoms with E-state index in [1.165, 1.54) is 4.68 Å². The van der Waals surface area contributed by atoms with E-state index in [9.17, 15) is 4.79 Å². The van der Waals surface area contributed by atoms with Gasteiger partial charge in [-0.05, 0) is 19.3 Å². The Hall–Kier alpha value is -1.03. The second-order valence-electron chi connectivity index (χ2n) is 4.60. The van der Waals surface area contributed by atoms with Crippen LogP contribution in [-0.4, -0.2) is 15.8 Å². The zero-order valence-corrected chi connectivity index (χ0v) is 11.6. The van der Waals surface area contributed by atoms with E-state index in [4.69, 9.17) is 11.6 Å². The largest absolute Gasteiger partial charge is 0.380 e. The predicted molar refractivity (Wildman–Crippen MR) is 71.6 cm³/mol. The molecule has 0 saturated heterocycles. The molecule has 17 heavy (non-hydrogen) atoms. The summed E-state index contributed by atoms with van der Waals surface area (Å²) in [6.45, 7) is 6.46. The summed E-state index contributed by atoms with van der Waals surface area (Å²) in [6, 6.07) is 0.274. The number of anilines is 1. The van der Waals surface area contributed by atoms with E-state index in [1.807, 2.05) is 0 Å². The first kappa shape index (κ1) is 14.0. The summed E-state index contributed by atoms with van der Waals surface area (Å²) in [6.07, 6.45) is 3.79. The number of aryl methyl sites for hydroxylation is 1. The topological polar surface area (TPSA) is 46.9 Å². The molecule has 0 spiro atoms. The lowest BCUT2D eigenvalue weighted by Gasteiger charge is -2.19. The Balaban J connectivity index is 2.75. The van der Waals surface area contributed by atoms with Gasteiger partial charge < -0.3 is 5.32 Å². The van der Waals surface area contributed by atoms with Gasteiger partial charge in [0.1, 0.15) is 5.02 Å². The Bertz CT molecular complexity index is 430. The molecule has 1 N–H and O–H groups in total. The minimum absolute atomic E-state index is 0.207. The maximum atomic E-state index is 11.6. The molecule has 1 aromatic rings. The van der Waals surface area contributed by atoms with Crippen molar-refractivity contribution >= 4 is 17.3 Å². The lowest BCUT2D eigenvalue weighted by atomic mass is 10.0. The van der Waals surface area contributed by atoms with E-state index in [2.05, 4.69) is 31.2 Å². The first-order valence-corrected chi connectivity index (χ1v) is 6.31. The molecule has 0 aliphatic rings. The van der Waals surface area contributed by atoms with E-state index >= 15 is 0 Å². The molecule has 96 valence electrons. The third kappa shape index (κ3) is 3.73. The fourth-order valence-electron chi connectivity index (χ4n) is 1.71. The molecule has 0 aromatic carbocycles. The molecule has 0 aliphatic heterocycles. The van der Waals surface area contributed by atoms with E-state index in [1.54, 1.807) is 13.2 Å². The van der Waals surface area contributed by atoms with Crippen LogP contribution in [0.25, 0.3) is 0 Å². The van der Waals surface area contributed by atoms with Crippen LogP contribution in [0.5, 0.6) is 0 Å². The number of aromatic nitrogens is 2. The number of nitrogens with one attached hydrogen (secondary N) is 1. The third-order valence-electron chi connectivity index (χ3n) is 2.93. The molecule has 1 aromatic heterocycles. The van der Waals surface area contributed by atoms with Crippen LogP contribution < -0.4 is 10.9 Å². The normalized spacial score (nSPS) is 14.4. The molecule has 0 radical (unpaired) electrons. The SMILES string of the molecule is CCC(C)CC(C)Nc1cnn(C)c(=O)c1Cl. The summed E-state index contributed by atoms with van der Waals surface area (Å²) >= 11 is 5.98.